The van der Waals surface area contributed by atoms with Crippen molar-refractivity contribution in [2.45, 2.75) is 18.9 Å². The van der Waals surface area contributed by atoms with Crippen molar-refractivity contribution in [3.05, 3.63) is 0 Å². The molecule has 2 saturated heterocycles. The number of nitrogens with zero attached hydrogens (tertiary/aromatic N) is 2. The average molecular weight is 211 g/mol. The van der Waals surface area contributed by atoms with Crippen LogP contribution in [0.1, 0.15) is 12.8 Å². The quantitative estimate of drug-likeness (QED) is 0.700. The zero-order valence-corrected chi connectivity index (χ0v) is 9.70. The van der Waals surface area contributed by atoms with E-state index in [1.165, 1.54) is 0 Å². The standard InChI is InChI=1S/C11H21N3O/c1-13(2)10-3-4-14(8-10)11(15)5-9-6-12-7-9/h9-10,12H,3-8H2,1-2H3. The fourth-order valence-corrected chi connectivity index (χ4v) is 2.26. The molecule has 0 aromatic carbocycles. The molecule has 2 heterocycles. The largest absolute Gasteiger partial charge is 0.341 e. The molecule has 0 aromatic rings. The van der Waals surface area contributed by atoms with Gasteiger partial charge in [0.1, 0.15) is 0 Å². The minimum absolute atomic E-state index is 0.353. The molecule has 2 aliphatic heterocycles. The summed E-state index contributed by atoms with van der Waals surface area (Å²) in [6, 6.07) is 0.563. The molecule has 86 valence electrons. The molecule has 0 bridgehead atoms. The molecule has 1 N–H and O–H groups in total. The minimum Gasteiger partial charge on any atom is -0.341 e. The number of hydrogen-bond donors (Lipinski definition) is 1. The van der Waals surface area contributed by atoms with E-state index >= 15 is 0 Å². The Hall–Kier alpha value is -0.610. The number of likely N-dealkylation sites (tertiary alicyclic amines) is 1. The summed E-state index contributed by atoms with van der Waals surface area (Å²) in [5.74, 6) is 0.946. The maximum absolute atomic E-state index is 11.9. The summed E-state index contributed by atoms with van der Waals surface area (Å²) in [5, 5.41) is 3.21. The van der Waals surface area contributed by atoms with Crippen molar-refractivity contribution in [1.82, 2.24) is 15.1 Å². The normalized spacial score (nSPS) is 27.1. The third-order valence-electron chi connectivity index (χ3n) is 3.58. The smallest absolute Gasteiger partial charge is 0.222 e. The van der Waals surface area contributed by atoms with E-state index in [9.17, 15) is 4.79 Å². The Labute approximate surface area is 91.6 Å². The van der Waals surface area contributed by atoms with E-state index in [0.717, 1.165) is 39.0 Å². The highest BCUT2D eigenvalue weighted by Crippen LogP contribution is 2.17. The van der Waals surface area contributed by atoms with Crippen LogP contribution in [-0.4, -0.2) is 62.0 Å². The molecule has 2 fully saturated rings. The Kier molecular flexibility index (Phi) is 3.26. The molecule has 0 aromatic heterocycles. The first kappa shape index (κ1) is 10.9. The summed E-state index contributed by atoms with van der Waals surface area (Å²) in [6.07, 6.45) is 1.87. The van der Waals surface area contributed by atoms with E-state index in [1.54, 1.807) is 0 Å². The topological polar surface area (TPSA) is 35.6 Å². The van der Waals surface area contributed by atoms with Gasteiger partial charge in [-0.2, -0.15) is 0 Å². The van der Waals surface area contributed by atoms with Gasteiger partial charge in [-0.1, -0.05) is 0 Å². The fourth-order valence-electron chi connectivity index (χ4n) is 2.26. The SMILES string of the molecule is CN(C)C1CCN(C(=O)CC2CNC2)C1. The van der Waals surface area contributed by atoms with Gasteiger partial charge in [0.2, 0.25) is 5.91 Å². The van der Waals surface area contributed by atoms with Crippen LogP contribution in [0.4, 0.5) is 0 Å². The van der Waals surface area contributed by atoms with Crippen molar-refractivity contribution in [3.8, 4) is 0 Å². The van der Waals surface area contributed by atoms with Crippen LogP contribution in [0.5, 0.6) is 0 Å². The Morgan fingerprint density at radius 1 is 1.47 bits per heavy atom. The lowest BCUT2D eigenvalue weighted by molar-refractivity contribution is -0.131. The molecule has 15 heavy (non-hydrogen) atoms. The molecule has 0 radical (unpaired) electrons. The number of hydrogen-bond acceptors (Lipinski definition) is 3. The molecular weight excluding hydrogens is 190 g/mol. The second kappa shape index (κ2) is 4.49. The second-order valence-corrected chi connectivity index (χ2v) is 4.97. The van der Waals surface area contributed by atoms with Gasteiger partial charge < -0.3 is 15.1 Å². The van der Waals surface area contributed by atoms with Gasteiger partial charge in [0.05, 0.1) is 0 Å². The van der Waals surface area contributed by atoms with Gasteiger partial charge in [-0.25, -0.2) is 0 Å². The van der Waals surface area contributed by atoms with Gasteiger partial charge in [0, 0.05) is 25.6 Å². The Bertz CT molecular complexity index is 238. The molecule has 2 aliphatic rings. The summed E-state index contributed by atoms with van der Waals surface area (Å²) in [4.78, 5) is 16.1. The zero-order valence-electron chi connectivity index (χ0n) is 9.70. The number of likely N-dealkylation sites (N-methyl/N-ethyl adjacent to an activating group) is 1. The number of carbonyl (C=O) groups is 1. The van der Waals surface area contributed by atoms with E-state index in [1.807, 2.05) is 4.90 Å². The maximum atomic E-state index is 11.9. The molecule has 1 atom stereocenters. The first-order valence-electron chi connectivity index (χ1n) is 5.81. The van der Waals surface area contributed by atoms with E-state index in [-0.39, 0.29) is 0 Å². The lowest BCUT2D eigenvalue weighted by Gasteiger charge is -2.28. The monoisotopic (exact) mass is 211 g/mol. The summed E-state index contributed by atoms with van der Waals surface area (Å²) < 4.78 is 0. The van der Waals surface area contributed by atoms with Crippen LogP contribution in [0, 0.1) is 5.92 Å². The lowest BCUT2D eigenvalue weighted by Crippen LogP contribution is -2.45. The van der Waals surface area contributed by atoms with Gasteiger partial charge >= 0.3 is 0 Å². The van der Waals surface area contributed by atoms with Gasteiger partial charge in [-0.15, -0.1) is 0 Å². The molecule has 2 rings (SSSR count). The van der Waals surface area contributed by atoms with Crippen molar-refractivity contribution < 1.29 is 4.79 Å². The Morgan fingerprint density at radius 2 is 2.20 bits per heavy atom. The Balaban J connectivity index is 1.76. The first-order chi connectivity index (χ1) is 7.16. The zero-order chi connectivity index (χ0) is 10.8. The molecule has 1 unspecified atom stereocenters. The van der Waals surface area contributed by atoms with Crippen molar-refractivity contribution in [2.75, 3.05) is 40.3 Å². The van der Waals surface area contributed by atoms with Gasteiger partial charge in [0.25, 0.3) is 0 Å². The summed E-state index contributed by atoms with van der Waals surface area (Å²) >= 11 is 0. The first-order valence-corrected chi connectivity index (χ1v) is 5.81. The molecular formula is C11H21N3O. The highest BCUT2D eigenvalue weighted by molar-refractivity contribution is 5.77. The molecule has 1 amide bonds. The van der Waals surface area contributed by atoms with Crippen LogP contribution in [0.2, 0.25) is 0 Å². The van der Waals surface area contributed by atoms with Crippen LogP contribution >= 0.6 is 0 Å². The molecule has 0 aliphatic carbocycles. The highest BCUT2D eigenvalue weighted by atomic mass is 16.2. The van der Waals surface area contributed by atoms with E-state index < -0.39 is 0 Å². The molecule has 0 saturated carbocycles. The van der Waals surface area contributed by atoms with Gasteiger partial charge in [-0.05, 0) is 39.5 Å². The Morgan fingerprint density at radius 3 is 2.67 bits per heavy atom. The highest BCUT2D eigenvalue weighted by Gasteiger charge is 2.29. The van der Waals surface area contributed by atoms with Crippen molar-refractivity contribution in [1.29, 1.82) is 0 Å². The van der Waals surface area contributed by atoms with Crippen molar-refractivity contribution >= 4 is 5.91 Å². The molecule has 0 spiro atoms. The average Bonchev–Trinajstić information content (AvgIpc) is 2.59. The van der Waals surface area contributed by atoms with Crippen LogP contribution < -0.4 is 5.32 Å². The number of nitrogens with one attached hydrogen (secondary N) is 1. The summed E-state index contributed by atoms with van der Waals surface area (Å²) in [7, 11) is 4.18. The minimum atomic E-state index is 0.353. The number of rotatable bonds is 3. The third kappa shape index (κ3) is 2.49. The lowest BCUT2D eigenvalue weighted by atomic mass is 9.99. The summed E-state index contributed by atoms with van der Waals surface area (Å²) in [5.41, 5.74) is 0. The van der Waals surface area contributed by atoms with Crippen LogP contribution in [0.3, 0.4) is 0 Å². The van der Waals surface area contributed by atoms with Crippen LogP contribution in [0.15, 0.2) is 0 Å². The van der Waals surface area contributed by atoms with E-state index in [2.05, 4.69) is 24.3 Å². The number of carbonyl (C=O) groups excluding carboxylic acids is 1. The second-order valence-electron chi connectivity index (χ2n) is 4.97. The molecule has 4 nitrogen and oxygen atoms in total. The molecule has 4 heteroatoms. The predicted octanol–water partition coefficient (Wildman–Crippen LogP) is -0.242. The maximum Gasteiger partial charge on any atom is 0.222 e. The predicted molar refractivity (Wildman–Crippen MR) is 59.6 cm³/mol. The number of amides is 1. The van der Waals surface area contributed by atoms with Gasteiger partial charge in [0.15, 0.2) is 0 Å². The van der Waals surface area contributed by atoms with E-state index in [0.29, 0.717) is 17.9 Å². The third-order valence-corrected chi connectivity index (χ3v) is 3.58. The van der Waals surface area contributed by atoms with E-state index in [4.69, 9.17) is 0 Å². The van der Waals surface area contributed by atoms with Crippen molar-refractivity contribution in [2.24, 2.45) is 5.92 Å². The van der Waals surface area contributed by atoms with Crippen LogP contribution in [-0.2, 0) is 4.79 Å². The van der Waals surface area contributed by atoms with Crippen molar-refractivity contribution in [3.63, 3.8) is 0 Å². The fraction of sp³-hybridized carbons (Fsp3) is 0.909. The van der Waals surface area contributed by atoms with Crippen LogP contribution in [0.25, 0.3) is 0 Å². The van der Waals surface area contributed by atoms with Gasteiger partial charge in [-0.3, -0.25) is 4.79 Å². The summed E-state index contributed by atoms with van der Waals surface area (Å²) in [6.45, 7) is 3.92.